The van der Waals surface area contributed by atoms with Gasteiger partial charge >= 0.3 is 5.97 Å². The van der Waals surface area contributed by atoms with E-state index in [0.29, 0.717) is 6.54 Å². The molecule has 7 heteroatoms. The van der Waals surface area contributed by atoms with Crippen molar-refractivity contribution in [2.75, 3.05) is 6.54 Å². The minimum Gasteiger partial charge on any atom is -0.478 e. The van der Waals surface area contributed by atoms with Gasteiger partial charge in [0.1, 0.15) is 5.56 Å². The Morgan fingerprint density at radius 1 is 1.38 bits per heavy atom. The molecule has 1 atom stereocenters. The lowest BCUT2D eigenvalue weighted by molar-refractivity contribution is -0.127. The fourth-order valence-electron chi connectivity index (χ4n) is 1.60. The van der Waals surface area contributed by atoms with Crippen molar-refractivity contribution in [2.24, 2.45) is 0 Å². The molecule has 0 saturated heterocycles. The van der Waals surface area contributed by atoms with Gasteiger partial charge in [-0.15, -0.1) is 0 Å². The van der Waals surface area contributed by atoms with Gasteiger partial charge in [0.25, 0.3) is 5.91 Å². The average molecular weight is 334 g/mol. The van der Waals surface area contributed by atoms with Gasteiger partial charge in [-0.25, -0.2) is 4.79 Å². The van der Waals surface area contributed by atoms with E-state index in [0.717, 1.165) is 12.8 Å². The van der Waals surface area contributed by atoms with E-state index in [-0.39, 0.29) is 27.3 Å². The number of carbonyl (C=O) groups is 2. The topological polar surface area (TPSA) is 75.6 Å². The number of benzene rings is 1. The third-order valence-electron chi connectivity index (χ3n) is 2.73. The highest BCUT2D eigenvalue weighted by atomic mass is 35.5. The van der Waals surface area contributed by atoms with Crippen LogP contribution >= 0.6 is 23.2 Å². The lowest BCUT2D eigenvalue weighted by atomic mass is 10.2. The second-order valence-electron chi connectivity index (χ2n) is 4.47. The maximum Gasteiger partial charge on any atom is 0.339 e. The lowest BCUT2D eigenvalue weighted by Crippen LogP contribution is -2.37. The van der Waals surface area contributed by atoms with Crippen LogP contribution in [0.5, 0.6) is 5.75 Å². The molecule has 0 spiro atoms. The van der Waals surface area contributed by atoms with Crippen LogP contribution in [0.2, 0.25) is 10.0 Å². The number of halogens is 2. The van der Waals surface area contributed by atoms with Gasteiger partial charge in [0, 0.05) is 11.6 Å². The number of carbonyl (C=O) groups excluding carboxylic acids is 1. The molecule has 1 rings (SSSR count). The summed E-state index contributed by atoms with van der Waals surface area (Å²) >= 11 is 11.7. The first-order valence-electron chi connectivity index (χ1n) is 6.53. The van der Waals surface area contributed by atoms with Crippen LogP contribution in [0.4, 0.5) is 0 Å². The van der Waals surface area contributed by atoms with Crippen LogP contribution in [-0.4, -0.2) is 29.6 Å². The normalized spacial score (nSPS) is 11.8. The molecule has 0 saturated carbocycles. The third-order valence-corrected chi connectivity index (χ3v) is 3.23. The van der Waals surface area contributed by atoms with Gasteiger partial charge in [0.05, 0.1) is 5.02 Å². The molecule has 0 radical (unpaired) electrons. The van der Waals surface area contributed by atoms with Crippen molar-refractivity contribution in [1.82, 2.24) is 5.32 Å². The molecular formula is C14H17Cl2NO4. The Kier molecular flexibility index (Phi) is 6.78. The maximum absolute atomic E-state index is 11.8. The van der Waals surface area contributed by atoms with Gasteiger partial charge in [-0.1, -0.05) is 36.5 Å². The van der Waals surface area contributed by atoms with Gasteiger partial charge in [-0.2, -0.15) is 0 Å². The van der Waals surface area contributed by atoms with E-state index in [4.69, 9.17) is 33.0 Å². The maximum atomic E-state index is 11.8. The smallest absolute Gasteiger partial charge is 0.339 e. The Morgan fingerprint density at radius 3 is 2.62 bits per heavy atom. The molecule has 0 bridgehead atoms. The van der Waals surface area contributed by atoms with Crippen molar-refractivity contribution >= 4 is 35.1 Å². The van der Waals surface area contributed by atoms with Gasteiger partial charge < -0.3 is 15.2 Å². The number of carboxylic acids is 1. The van der Waals surface area contributed by atoms with E-state index >= 15 is 0 Å². The predicted molar refractivity (Wildman–Crippen MR) is 81.4 cm³/mol. The van der Waals surface area contributed by atoms with Crippen LogP contribution in [-0.2, 0) is 4.79 Å². The Balaban J connectivity index is 2.87. The zero-order chi connectivity index (χ0) is 16.0. The highest BCUT2D eigenvalue weighted by Crippen LogP contribution is 2.33. The summed E-state index contributed by atoms with van der Waals surface area (Å²) < 4.78 is 5.40. The lowest BCUT2D eigenvalue weighted by Gasteiger charge is -2.17. The van der Waals surface area contributed by atoms with E-state index in [2.05, 4.69) is 5.32 Å². The van der Waals surface area contributed by atoms with Crippen molar-refractivity contribution in [3.05, 3.63) is 27.7 Å². The minimum absolute atomic E-state index is 0.0492. The number of unbranched alkanes of at least 4 members (excludes halogenated alkanes) is 1. The molecule has 5 nitrogen and oxygen atoms in total. The van der Waals surface area contributed by atoms with Gasteiger partial charge in [0.2, 0.25) is 0 Å². The van der Waals surface area contributed by atoms with Crippen molar-refractivity contribution in [1.29, 1.82) is 0 Å². The summed E-state index contributed by atoms with van der Waals surface area (Å²) in [5, 5.41) is 12.1. The molecule has 1 aromatic carbocycles. The van der Waals surface area contributed by atoms with E-state index < -0.39 is 12.1 Å². The summed E-state index contributed by atoms with van der Waals surface area (Å²) in [6, 6.07) is 2.60. The van der Waals surface area contributed by atoms with Crippen molar-refractivity contribution in [3.8, 4) is 5.75 Å². The number of carboxylic acid groups (broad SMARTS) is 1. The summed E-state index contributed by atoms with van der Waals surface area (Å²) in [5.41, 5.74) is -0.180. The quantitative estimate of drug-likeness (QED) is 0.750. The number of amides is 1. The monoisotopic (exact) mass is 333 g/mol. The Hall–Kier alpha value is -1.46. The van der Waals surface area contributed by atoms with Crippen LogP contribution in [0.1, 0.15) is 37.0 Å². The van der Waals surface area contributed by atoms with Crippen LogP contribution in [0, 0.1) is 0 Å². The van der Waals surface area contributed by atoms with Crippen molar-refractivity contribution in [3.63, 3.8) is 0 Å². The van der Waals surface area contributed by atoms with E-state index in [1.54, 1.807) is 0 Å². The number of hydrogen-bond donors (Lipinski definition) is 2. The van der Waals surface area contributed by atoms with Crippen LogP contribution in [0.25, 0.3) is 0 Å². The first-order valence-corrected chi connectivity index (χ1v) is 7.29. The summed E-state index contributed by atoms with van der Waals surface area (Å²) in [5.74, 6) is -1.62. The highest BCUT2D eigenvalue weighted by molar-refractivity contribution is 6.36. The molecule has 0 aliphatic heterocycles. The van der Waals surface area contributed by atoms with Crippen molar-refractivity contribution < 1.29 is 19.4 Å². The summed E-state index contributed by atoms with van der Waals surface area (Å²) in [6.07, 6.45) is 0.959. The first kappa shape index (κ1) is 17.6. The second-order valence-corrected chi connectivity index (χ2v) is 5.32. The summed E-state index contributed by atoms with van der Waals surface area (Å²) in [4.78, 5) is 23.0. The van der Waals surface area contributed by atoms with E-state index in [9.17, 15) is 9.59 Å². The molecule has 1 aromatic rings. The van der Waals surface area contributed by atoms with E-state index in [1.165, 1.54) is 19.1 Å². The van der Waals surface area contributed by atoms with Gasteiger partial charge in [-0.05, 0) is 25.5 Å². The average Bonchev–Trinajstić information content (AvgIpc) is 2.41. The fraction of sp³-hybridized carbons (Fsp3) is 0.429. The number of hydrogen-bond acceptors (Lipinski definition) is 3. The minimum atomic E-state index is -1.23. The Morgan fingerprint density at radius 2 is 2.05 bits per heavy atom. The molecule has 21 heavy (non-hydrogen) atoms. The highest BCUT2D eigenvalue weighted by Gasteiger charge is 2.21. The zero-order valence-electron chi connectivity index (χ0n) is 11.8. The standard InChI is InChI=1S/C14H17Cl2NO4/c1-3-4-5-17-13(18)8(2)21-12-10(14(19)20)6-9(15)7-11(12)16/h6-8H,3-5H2,1-2H3,(H,17,18)(H,19,20). The van der Waals surface area contributed by atoms with Gasteiger partial charge in [0.15, 0.2) is 11.9 Å². The van der Waals surface area contributed by atoms with Gasteiger partial charge in [-0.3, -0.25) is 4.79 Å². The molecule has 0 aliphatic rings. The Labute approximate surface area is 133 Å². The molecule has 116 valence electrons. The molecule has 0 aliphatic carbocycles. The number of nitrogens with one attached hydrogen (secondary N) is 1. The van der Waals surface area contributed by atoms with E-state index in [1.807, 2.05) is 6.92 Å². The third kappa shape index (κ3) is 5.10. The summed E-state index contributed by atoms with van der Waals surface area (Å²) in [6.45, 7) is 4.08. The zero-order valence-corrected chi connectivity index (χ0v) is 13.3. The molecule has 0 fully saturated rings. The fourth-order valence-corrected chi connectivity index (χ4v) is 2.14. The second kappa shape index (κ2) is 8.10. The van der Waals surface area contributed by atoms with Crippen LogP contribution in [0.3, 0.4) is 0 Å². The van der Waals surface area contributed by atoms with Crippen LogP contribution < -0.4 is 10.1 Å². The molecule has 1 amide bonds. The molecule has 2 N–H and O–H groups in total. The largest absolute Gasteiger partial charge is 0.478 e. The van der Waals surface area contributed by atoms with Crippen molar-refractivity contribution in [2.45, 2.75) is 32.8 Å². The van der Waals surface area contributed by atoms with Crippen LogP contribution in [0.15, 0.2) is 12.1 Å². The SMILES string of the molecule is CCCCNC(=O)C(C)Oc1c(Cl)cc(Cl)cc1C(=O)O. The summed E-state index contributed by atoms with van der Waals surface area (Å²) in [7, 11) is 0. The molecule has 0 heterocycles. The molecular weight excluding hydrogens is 317 g/mol. The Bertz CT molecular complexity index is 534. The first-order chi connectivity index (χ1) is 9.86. The number of rotatable bonds is 7. The predicted octanol–water partition coefficient (Wildman–Crippen LogP) is 3.38. The number of aromatic carboxylic acids is 1. The number of ether oxygens (including phenoxy) is 1. The molecule has 0 aromatic heterocycles. The molecule has 1 unspecified atom stereocenters.